The molecule has 2 heterocycles. The largest absolute Gasteiger partial charge is 0.461 e. The van der Waals surface area contributed by atoms with E-state index in [9.17, 15) is 4.79 Å². The van der Waals surface area contributed by atoms with E-state index in [1.54, 1.807) is 40.3 Å². The van der Waals surface area contributed by atoms with Crippen LogP contribution in [0.25, 0.3) is 11.5 Å². The first-order valence-electron chi connectivity index (χ1n) is 7.38. The third-order valence-corrected chi connectivity index (χ3v) is 4.37. The van der Waals surface area contributed by atoms with Crippen LogP contribution in [0.4, 0.5) is 0 Å². The molecule has 0 radical (unpaired) electrons. The Morgan fingerprint density at radius 2 is 2.00 bits per heavy atom. The summed E-state index contributed by atoms with van der Waals surface area (Å²) in [7, 11) is 0. The van der Waals surface area contributed by atoms with Crippen molar-refractivity contribution in [2.45, 2.75) is 20.3 Å². The van der Waals surface area contributed by atoms with Crippen molar-refractivity contribution >= 4 is 46.5 Å². The van der Waals surface area contributed by atoms with Crippen LogP contribution in [0.3, 0.4) is 0 Å². The summed E-state index contributed by atoms with van der Waals surface area (Å²) in [4.78, 5) is 16.8. The smallest absolute Gasteiger partial charge is 0.357 e. The minimum absolute atomic E-state index is 0.284. The highest BCUT2D eigenvalue weighted by molar-refractivity contribution is 6.36. The zero-order chi connectivity index (χ0) is 17.4. The van der Waals surface area contributed by atoms with E-state index < -0.39 is 5.97 Å². The van der Waals surface area contributed by atoms with E-state index in [0.717, 1.165) is 0 Å². The number of carbonyl (C=O) groups excluding carboxylic acids is 1. The number of hydrogen-bond acceptors (Lipinski definition) is 3. The zero-order valence-corrected chi connectivity index (χ0v) is 15.3. The Morgan fingerprint density at radius 3 is 2.62 bits per heavy atom. The van der Waals surface area contributed by atoms with E-state index in [0.29, 0.717) is 44.5 Å². The van der Waals surface area contributed by atoms with Crippen LogP contribution in [0, 0.1) is 0 Å². The van der Waals surface area contributed by atoms with Crippen LogP contribution in [0.1, 0.15) is 30.0 Å². The maximum absolute atomic E-state index is 12.3. The second kappa shape index (κ2) is 6.67. The van der Waals surface area contributed by atoms with Crippen molar-refractivity contribution < 1.29 is 9.53 Å². The molecule has 3 aromatic rings. The number of benzene rings is 1. The van der Waals surface area contributed by atoms with Crippen molar-refractivity contribution in [1.82, 2.24) is 14.0 Å². The van der Waals surface area contributed by atoms with Gasteiger partial charge in [0, 0.05) is 11.2 Å². The van der Waals surface area contributed by atoms with Crippen molar-refractivity contribution in [2.75, 3.05) is 6.61 Å². The monoisotopic (exact) mass is 385 g/mol. The van der Waals surface area contributed by atoms with Crippen LogP contribution in [0.15, 0.2) is 24.4 Å². The number of fused-ring (bicyclic) bond motifs is 1. The standard InChI is InChI=1S/C16H14Cl3N3O2/c1-3-11-14(15(23)24-4-2)21-8-13(19)22(16(21)20-11)12-6-5-9(17)7-10(12)18/h5-8H,3-4H2,1-2H3. The second-order valence-electron chi connectivity index (χ2n) is 5.03. The SMILES string of the molecule is CCOC(=O)c1c(CC)nc2n(-c3ccc(Cl)cc3Cl)c(Cl)cn12. The molecule has 0 saturated carbocycles. The van der Waals surface area contributed by atoms with E-state index in [4.69, 9.17) is 39.5 Å². The number of halogens is 3. The molecule has 0 unspecified atom stereocenters. The number of carbonyl (C=O) groups is 1. The summed E-state index contributed by atoms with van der Waals surface area (Å²) in [5.41, 5.74) is 1.64. The molecule has 0 saturated heterocycles. The summed E-state index contributed by atoms with van der Waals surface area (Å²) >= 11 is 18.6. The summed E-state index contributed by atoms with van der Waals surface area (Å²) in [6.07, 6.45) is 2.21. The summed E-state index contributed by atoms with van der Waals surface area (Å²) in [6, 6.07) is 5.09. The summed E-state index contributed by atoms with van der Waals surface area (Å²) in [5.74, 6) is 0.0574. The van der Waals surface area contributed by atoms with Crippen molar-refractivity contribution in [1.29, 1.82) is 0 Å². The molecule has 0 bridgehead atoms. The molecule has 0 fully saturated rings. The van der Waals surface area contributed by atoms with Gasteiger partial charge in [0.15, 0.2) is 5.69 Å². The van der Waals surface area contributed by atoms with Gasteiger partial charge in [-0.25, -0.2) is 9.78 Å². The zero-order valence-electron chi connectivity index (χ0n) is 13.0. The Bertz CT molecular complexity index is 930. The Labute approximate surface area is 153 Å². The van der Waals surface area contributed by atoms with Gasteiger partial charge >= 0.3 is 5.97 Å². The fourth-order valence-corrected chi connectivity index (χ4v) is 3.31. The number of hydrogen-bond donors (Lipinski definition) is 0. The van der Waals surface area contributed by atoms with Crippen LogP contribution in [-0.2, 0) is 11.2 Å². The normalized spacial score (nSPS) is 11.2. The highest BCUT2D eigenvalue weighted by atomic mass is 35.5. The number of nitrogens with zero attached hydrogens (tertiary/aromatic N) is 3. The molecule has 0 N–H and O–H groups in total. The first kappa shape index (κ1) is 17.1. The molecule has 8 heteroatoms. The van der Waals surface area contributed by atoms with E-state index in [1.165, 1.54) is 0 Å². The molecule has 0 amide bonds. The minimum atomic E-state index is -0.433. The van der Waals surface area contributed by atoms with E-state index in [-0.39, 0.29) is 6.61 Å². The molecule has 3 rings (SSSR count). The maximum Gasteiger partial charge on any atom is 0.357 e. The van der Waals surface area contributed by atoms with Crippen LogP contribution < -0.4 is 0 Å². The first-order valence-corrected chi connectivity index (χ1v) is 8.52. The molecule has 0 aliphatic carbocycles. The number of ether oxygens (including phenoxy) is 1. The third kappa shape index (κ3) is 2.77. The predicted molar refractivity (Wildman–Crippen MR) is 94.9 cm³/mol. The van der Waals surface area contributed by atoms with Crippen molar-refractivity contribution in [3.8, 4) is 5.69 Å². The van der Waals surface area contributed by atoms with Crippen molar-refractivity contribution in [3.63, 3.8) is 0 Å². The molecule has 0 spiro atoms. The lowest BCUT2D eigenvalue weighted by atomic mass is 10.2. The Morgan fingerprint density at radius 1 is 1.25 bits per heavy atom. The number of imidazole rings is 2. The fourth-order valence-electron chi connectivity index (χ4n) is 2.55. The van der Waals surface area contributed by atoms with Gasteiger partial charge in [0.05, 0.1) is 23.0 Å². The second-order valence-corrected chi connectivity index (χ2v) is 6.26. The fraction of sp³-hybridized carbons (Fsp3) is 0.250. The lowest BCUT2D eigenvalue weighted by Gasteiger charge is -2.07. The van der Waals surface area contributed by atoms with Crippen molar-refractivity contribution in [2.24, 2.45) is 0 Å². The molecule has 24 heavy (non-hydrogen) atoms. The van der Waals surface area contributed by atoms with Gasteiger partial charge in [-0.15, -0.1) is 0 Å². The average Bonchev–Trinajstić information content (AvgIpc) is 3.02. The predicted octanol–water partition coefficient (Wildman–Crippen LogP) is 4.82. The molecule has 0 aliphatic rings. The van der Waals surface area contributed by atoms with Crippen LogP contribution in [0.5, 0.6) is 0 Å². The average molecular weight is 387 g/mol. The number of aromatic nitrogens is 3. The molecular formula is C16H14Cl3N3O2. The Hall–Kier alpha value is -1.69. The van der Waals surface area contributed by atoms with Crippen LogP contribution >= 0.6 is 34.8 Å². The number of esters is 1. The molecule has 0 atom stereocenters. The molecule has 2 aromatic heterocycles. The molecule has 5 nitrogen and oxygen atoms in total. The Kier molecular flexibility index (Phi) is 4.76. The quantitative estimate of drug-likeness (QED) is 0.604. The van der Waals surface area contributed by atoms with Gasteiger partial charge < -0.3 is 4.74 Å². The highest BCUT2D eigenvalue weighted by Gasteiger charge is 2.24. The number of aryl methyl sites for hydroxylation is 1. The van der Waals surface area contributed by atoms with E-state index in [1.807, 2.05) is 6.92 Å². The first-order chi connectivity index (χ1) is 11.5. The molecule has 1 aromatic carbocycles. The van der Waals surface area contributed by atoms with Gasteiger partial charge in [0.2, 0.25) is 5.78 Å². The van der Waals surface area contributed by atoms with Gasteiger partial charge in [0.25, 0.3) is 0 Å². The summed E-state index contributed by atoms with van der Waals surface area (Å²) in [6.45, 7) is 3.96. The van der Waals surface area contributed by atoms with Gasteiger partial charge in [-0.1, -0.05) is 41.7 Å². The van der Waals surface area contributed by atoms with Gasteiger partial charge in [-0.3, -0.25) is 8.97 Å². The van der Waals surface area contributed by atoms with Gasteiger partial charge in [-0.05, 0) is 31.5 Å². The lowest BCUT2D eigenvalue weighted by molar-refractivity contribution is 0.0517. The highest BCUT2D eigenvalue weighted by Crippen LogP contribution is 2.31. The molecular weight excluding hydrogens is 373 g/mol. The Balaban J connectivity index is 2.27. The maximum atomic E-state index is 12.3. The topological polar surface area (TPSA) is 48.5 Å². The van der Waals surface area contributed by atoms with Gasteiger partial charge in [0.1, 0.15) is 5.15 Å². The van der Waals surface area contributed by atoms with Crippen LogP contribution in [-0.4, -0.2) is 26.5 Å². The third-order valence-electron chi connectivity index (χ3n) is 3.57. The van der Waals surface area contributed by atoms with Crippen LogP contribution in [0.2, 0.25) is 15.2 Å². The summed E-state index contributed by atoms with van der Waals surface area (Å²) in [5, 5.41) is 1.32. The molecule has 0 aliphatic heterocycles. The van der Waals surface area contributed by atoms with Crippen molar-refractivity contribution in [3.05, 3.63) is 51.0 Å². The van der Waals surface area contributed by atoms with E-state index in [2.05, 4.69) is 4.98 Å². The lowest BCUT2D eigenvalue weighted by Crippen LogP contribution is -2.09. The van der Waals surface area contributed by atoms with Gasteiger partial charge in [-0.2, -0.15) is 0 Å². The minimum Gasteiger partial charge on any atom is -0.461 e. The molecule has 126 valence electrons. The number of rotatable bonds is 4. The van der Waals surface area contributed by atoms with E-state index >= 15 is 0 Å². The summed E-state index contributed by atoms with van der Waals surface area (Å²) < 4.78 is 8.43.